The van der Waals surface area contributed by atoms with Gasteiger partial charge in [0, 0.05) is 13.5 Å². The van der Waals surface area contributed by atoms with Crippen LogP contribution in [0.4, 0.5) is 0 Å². The molecule has 70 valence electrons. The SMILES string of the molecule is CC.COCC1(CC#N)COC1. The van der Waals surface area contributed by atoms with Gasteiger partial charge in [0.1, 0.15) is 0 Å². The van der Waals surface area contributed by atoms with Crippen LogP contribution in [0.25, 0.3) is 0 Å². The first-order valence-electron chi connectivity index (χ1n) is 4.27. The summed E-state index contributed by atoms with van der Waals surface area (Å²) in [5, 5.41) is 8.43. The van der Waals surface area contributed by atoms with Crippen LogP contribution in [0.5, 0.6) is 0 Å². The Morgan fingerprint density at radius 3 is 2.33 bits per heavy atom. The molecule has 1 rings (SSSR count). The highest BCUT2D eigenvalue weighted by atomic mass is 16.5. The van der Waals surface area contributed by atoms with Crippen LogP contribution in [0.3, 0.4) is 0 Å². The van der Waals surface area contributed by atoms with E-state index in [2.05, 4.69) is 6.07 Å². The molecule has 1 fully saturated rings. The van der Waals surface area contributed by atoms with Gasteiger partial charge in [0.05, 0.1) is 31.3 Å². The van der Waals surface area contributed by atoms with Gasteiger partial charge in [-0.2, -0.15) is 5.26 Å². The van der Waals surface area contributed by atoms with Crippen molar-refractivity contribution in [3.8, 4) is 6.07 Å². The molecule has 0 bridgehead atoms. The number of ether oxygens (including phenoxy) is 2. The zero-order valence-electron chi connectivity index (χ0n) is 8.09. The van der Waals surface area contributed by atoms with Crippen LogP contribution >= 0.6 is 0 Å². The van der Waals surface area contributed by atoms with Gasteiger partial charge >= 0.3 is 0 Å². The van der Waals surface area contributed by atoms with Gasteiger partial charge in [0.15, 0.2) is 0 Å². The fourth-order valence-electron chi connectivity index (χ4n) is 1.10. The van der Waals surface area contributed by atoms with Crippen LogP contribution < -0.4 is 0 Å². The summed E-state index contributed by atoms with van der Waals surface area (Å²) in [5.41, 5.74) is 0.0174. The van der Waals surface area contributed by atoms with Gasteiger partial charge in [0.25, 0.3) is 0 Å². The number of hydrogen-bond acceptors (Lipinski definition) is 3. The molecule has 0 unspecified atom stereocenters. The van der Waals surface area contributed by atoms with Crippen molar-refractivity contribution in [1.29, 1.82) is 5.26 Å². The summed E-state index contributed by atoms with van der Waals surface area (Å²) in [5.74, 6) is 0. The third-order valence-electron chi connectivity index (χ3n) is 1.72. The Balaban J connectivity index is 0.000000561. The van der Waals surface area contributed by atoms with Gasteiger partial charge in [-0.05, 0) is 0 Å². The van der Waals surface area contributed by atoms with Crippen LogP contribution in [0.1, 0.15) is 20.3 Å². The molecule has 0 aromatic rings. The van der Waals surface area contributed by atoms with Crippen LogP contribution in [0.15, 0.2) is 0 Å². The lowest BCUT2D eigenvalue weighted by Crippen LogP contribution is -2.45. The smallest absolute Gasteiger partial charge is 0.0630 e. The molecule has 3 heteroatoms. The summed E-state index contributed by atoms with van der Waals surface area (Å²) in [6.07, 6.45) is 0.542. The highest BCUT2D eigenvalue weighted by Crippen LogP contribution is 2.30. The van der Waals surface area contributed by atoms with Gasteiger partial charge in [0.2, 0.25) is 0 Å². The maximum absolute atomic E-state index is 8.43. The second-order valence-corrected chi connectivity index (χ2v) is 2.76. The summed E-state index contributed by atoms with van der Waals surface area (Å²) in [6.45, 7) is 5.99. The Kier molecular flexibility index (Phi) is 5.69. The molecule has 0 aromatic heterocycles. The molecule has 1 heterocycles. The predicted octanol–water partition coefficient (Wildman–Crippen LogP) is 1.59. The van der Waals surface area contributed by atoms with E-state index < -0.39 is 0 Å². The molecule has 0 saturated carbocycles. The minimum atomic E-state index is 0.0174. The topological polar surface area (TPSA) is 42.2 Å². The average molecular weight is 171 g/mol. The van der Waals surface area contributed by atoms with E-state index >= 15 is 0 Å². The van der Waals surface area contributed by atoms with Crippen molar-refractivity contribution in [2.75, 3.05) is 26.9 Å². The first-order valence-corrected chi connectivity index (χ1v) is 4.27. The van der Waals surface area contributed by atoms with E-state index in [0.717, 1.165) is 0 Å². The Hall–Kier alpha value is -0.590. The second kappa shape index (κ2) is 5.99. The zero-order valence-corrected chi connectivity index (χ0v) is 8.09. The molecular formula is C9H17NO2. The summed E-state index contributed by atoms with van der Waals surface area (Å²) < 4.78 is 9.98. The number of methoxy groups -OCH3 is 1. The van der Waals surface area contributed by atoms with Crippen LogP contribution in [-0.4, -0.2) is 26.9 Å². The fraction of sp³-hybridized carbons (Fsp3) is 0.889. The molecule has 0 atom stereocenters. The number of rotatable bonds is 3. The van der Waals surface area contributed by atoms with E-state index in [1.165, 1.54) is 0 Å². The summed E-state index contributed by atoms with van der Waals surface area (Å²) in [4.78, 5) is 0. The van der Waals surface area contributed by atoms with Crippen LogP contribution in [-0.2, 0) is 9.47 Å². The summed E-state index contributed by atoms with van der Waals surface area (Å²) in [6, 6.07) is 2.14. The number of nitriles is 1. The molecule has 12 heavy (non-hydrogen) atoms. The van der Waals surface area contributed by atoms with Crippen molar-refractivity contribution in [1.82, 2.24) is 0 Å². The molecule has 1 aliphatic rings. The molecule has 0 N–H and O–H groups in total. The van der Waals surface area contributed by atoms with E-state index in [0.29, 0.717) is 26.2 Å². The fourth-order valence-corrected chi connectivity index (χ4v) is 1.10. The summed E-state index contributed by atoms with van der Waals surface area (Å²) in [7, 11) is 1.65. The van der Waals surface area contributed by atoms with E-state index in [-0.39, 0.29) is 5.41 Å². The highest BCUT2D eigenvalue weighted by molar-refractivity contribution is 4.93. The van der Waals surface area contributed by atoms with Gasteiger partial charge in [-0.25, -0.2) is 0 Å². The standard InChI is InChI=1S/C7H11NO2.C2H6/c1-9-4-7(2-3-8)5-10-6-7;1-2/h2,4-6H2,1H3;1-2H3. The molecule has 0 aromatic carbocycles. The minimum absolute atomic E-state index is 0.0174. The molecule has 3 nitrogen and oxygen atoms in total. The largest absolute Gasteiger partial charge is 0.384 e. The Morgan fingerprint density at radius 1 is 1.50 bits per heavy atom. The maximum Gasteiger partial charge on any atom is 0.0630 e. The lowest BCUT2D eigenvalue weighted by molar-refractivity contribution is -0.139. The van der Waals surface area contributed by atoms with Gasteiger partial charge < -0.3 is 9.47 Å². The Labute approximate surface area is 74.3 Å². The van der Waals surface area contributed by atoms with Gasteiger partial charge in [-0.15, -0.1) is 0 Å². The Morgan fingerprint density at radius 2 is 2.08 bits per heavy atom. The minimum Gasteiger partial charge on any atom is -0.384 e. The quantitative estimate of drug-likeness (QED) is 0.647. The Bertz CT molecular complexity index is 147. The van der Waals surface area contributed by atoms with Crippen molar-refractivity contribution >= 4 is 0 Å². The van der Waals surface area contributed by atoms with Gasteiger partial charge in [-0.1, -0.05) is 13.8 Å². The van der Waals surface area contributed by atoms with Gasteiger partial charge in [-0.3, -0.25) is 0 Å². The zero-order chi connectivity index (χ0) is 9.45. The van der Waals surface area contributed by atoms with Crippen molar-refractivity contribution in [3.63, 3.8) is 0 Å². The van der Waals surface area contributed by atoms with E-state index in [1.54, 1.807) is 7.11 Å². The van der Waals surface area contributed by atoms with E-state index in [9.17, 15) is 0 Å². The predicted molar refractivity (Wildman–Crippen MR) is 46.7 cm³/mol. The normalized spacial score (nSPS) is 18.2. The lowest BCUT2D eigenvalue weighted by Gasteiger charge is -2.38. The van der Waals surface area contributed by atoms with Crippen molar-refractivity contribution in [2.45, 2.75) is 20.3 Å². The number of nitrogens with zero attached hydrogens (tertiary/aromatic N) is 1. The van der Waals surface area contributed by atoms with E-state index in [4.69, 9.17) is 14.7 Å². The average Bonchev–Trinajstić information content (AvgIpc) is 2.05. The maximum atomic E-state index is 8.43. The number of hydrogen-bond donors (Lipinski definition) is 0. The van der Waals surface area contributed by atoms with Crippen molar-refractivity contribution in [3.05, 3.63) is 0 Å². The third-order valence-corrected chi connectivity index (χ3v) is 1.72. The van der Waals surface area contributed by atoms with E-state index in [1.807, 2.05) is 13.8 Å². The third kappa shape index (κ3) is 2.80. The van der Waals surface area contributed by atoms with Crippen LogP contribution in [0.2, 0.25) is 0 Å². The first-order chi connectivity index (χ1) is 5.83. The highest BCUT2D eigenvalue weighted by Gasteiger charge is 2.38. The molecule has 0 spiro atoms. The van der Waals surface area contributed by atoms with Crippen molar-refractivity contribution in [2.24, 2.45) is 5.41 Å². The lowest BCUT2D eigenvalue weighted by atomic mass is 9.84. The molecule has 0 aliphatic carbocycles. The molecule has 0 amide bonds. The first kappa shape index (κ1) is 11.4. The monoisotopic (exact) mass is 171 g/mol. The molecule has 0 radical (unpaired) electrons. The molecule has 1 saturated heterocycles. The summed E-state index contributed by atoms with van der Waals surface area (Å²) >= 11 is 0. The molecule has 1 aliphatic heterocycles. The second-order valence-electron chi connectivity index (χ2n) is 2.76. The van der Waals surface area contributed by atoms with Crippen molar-refractivity contribution < 1.29 is 9.47 Å². The molecular weight excluding hydrogens is 154 g/mol. The van der Waals surface area contributed by atoms with Crippen LogP contribution in [0, 0.1) is 16.7 Å².